The number of nitrogens with one attached hydrogen (secondary N) is 1. The van der Waals surface area contributed by atoms with Gasteiger partial charge in [-0.1, -0.05) is 132 Å². The fourth-order valence-electron chi connectivity index (χ4n) is 4.63. The molecule has 0 aromatic rings. The summed E-state index contributed by atoms with van der Waals surface area (Å²) in [5.41, 5.74) is 0. The normalized spacial score (nSPS) is 15.5. The van der Waals surface area contributed by atoms with Gasteiger partial charge in [-0.25, -0.2) is 0 Å². The second kappa shape index (κ2) is 31.9. The summed E-state index contributed by atoms with van der Waals surface area (Å²) in [7, 11) is 1.23. The van der Waals surface area contributed by atoms with Crippen LogP contribution in [0.4, 0.5) is 0 Å². The van der Waals surface area contributed by atoms with Crippen LogP contribution in [0.15, 0.2) is 72.9 Å². The van der Waals surface area contributed by atoms with Crippen molar-refractivity contribution < 1.29 is 32.9 Å². The van der Waals surface area contributed by atoms with Gasteiger partial charge < -0.3 is 28.8 Å². The van der Waals surface area contributed by atoms with Gasteiger partial charge >= 0.3 is 0 Å². The van der Waals surface area contributed by atoms with Crippen LogP contribution in [-0.4, -0.2) is 68.5 Å². The summed E-state index contributed by atoms with van der Waals surface area (Å²) in [6, 6.07) is -0.891. The zero-order valence-corrected chi connectivity index (χ0v) is 32.5. The molecule has 0 radical (unpaired) electrons. The van der Waals surface area contributed by atoms with Crippen molar-refractivity contribution in [3.63, 3.8) is 0 Å². The average molecular weight is 707 g/mol. The van der Waals surface area contributed by atoms with Crippen LogP contribution in [-0.2, 0) is 18.4 Å². The smallest absolute Gasteiger partial charge is 0.268 e. The van der Waals surface area contributed by atoms with Crippen molar-refractivity contribution in [3.05, 3.63) is 72.9 Å². The molecular formula is C40H71N2O6P. The highest BCUT2D eigenvalue weighted by Crippen LogP contribution is 2.38. The molecule has 0 aliphatic heterocycles. The molecule has 0 aromatic heterocycles. The molecule has 0 aliphatic carbocycles. The van der Waals surface area contributed by atoms with E-state index in [0.717, 1.165) is 83.5 Å². The molecule has 8 nitrogen and oxygen atoms in total. The Morgan fingerprint density at radius 2 is 1.24 bits per heavy atom. The number of aliphatic hydroxyl groups is 1. The number of hydrogen-bond acceptors (Lipinski definition) is 6. The predicted octanol–water partition coefficient (Wildman–Crippen LogP) is 9.05. The first-order chi connectivity index (χ1) is 23.5. The summed E-state index contributed by atoms with van der Waals surface area (Å²) in [5.74, 6) is -0.224. The summed E-state index contributed by atoms with van der Waals surface area (Å²) in [5, 5.41) is 13.4. The van der Waals surface area contributed by atoms with E-state index in [0.29, 0.717) is 17.4 Å². The van der Waals surface area contributed by atoms with Crippen molar-refractivity contribution in [1.29, 1.82) is 0 Å². The Bertz CT molecular complexity index is 1030. The Morgan fingerprint density at radius 1 is 0.735 bits per heavy atom. The van der Waals surface area contributed by atoms with Gasteiger partial charge in [0.2, 0.25) is 5.91 Å². The topological polar surface area (TPSA) is 108 Å². The molecule has 2 N–H and O–H groups in total. The summed E-state index contributed by atoms with van der Waals surface area (Å²) in [6.07, 6.45) is 41.5. The van der Waals surface area contributed by atoms with E-state index in [4.69, 9.17) is 9.05 Å². The van der Waals surface area contributed by atoms with Crippen molar-refractivity contribution in [3.8, 4) is 0 Å². The van der Waals surface area contributed by atoms with Crippen LogP contribution in [0, 0.1) is 0 Å². The quantitative estimate of drug-likeness (QED) is 0.0313. The van der Waals surface area contributed by atoms with Crippen molar-refractivity contribution in [2.75, 3.05) is 40.9 Å². The van der Waals surface area contributed by atoms with Crippen molar-refractivity contribution in [1.82, 2.24) is 5.32 Å². The molecule has 0 spiro atoms. The van der Waals surface area contributed by atoms with E-state index in [-0.39, 0.29) is 12.5 Å². The number of unbranched alkanes of at least 4 members (excludes halogenated alkanes) is 9. The Hall–Kier alpha value is -2.06. The number of quaternary nitrogens is 1. The first-order valence-corrected chi connectivity index (χ1v) is 20.3. The van der Waals surface area contributed by atoms with Gasteiger partial charge in [0.05, 0.1) is 39.9 Å². The Balaban J connectivity index is 4.17. The van der Waals surface area contributed by atoms with Crippen molar-refractivity contribution in [2.45, 2.75) is 135 Å². The first kappa shape index (κ1) is 46.9. The number of amides is 1. The number of phosphoric acid groups is 1. The molecule has 0 aromatic carbocycles. The van der Waals surface area contributed by atoms with E-state index in [9.17, 15) is 19.4 Å². The maximum atomic E-state index is 12.7. The SMILES string of the molecule is CC/C=C\C/C=C\C/C=C\C/C=C\C/C=C\CCCCCCCCCC(=O)NC(COP(=O)([O-])OCC[N+](C)(C)C)C(O)/C=C/CCCC. The van der Waals surface area contributed by atoms with Gasteiger partial charge in [0.1, 0.15) is 13.2 Å². The fourth-order valence-corrected chi connectivity index (χ4v) is 5.35. The lowest BCUT2D eigenvalue weighted by Gasteiger charge is -2.29. The molecule has 0 heterocycles. The monoisotopic (exact) mass is 707 g/mol. The minimum absolute atomic E-state index is 0.00885. The molecule has 0 bridgehead atoms. The maximum Gasteiger partial charge on any atom is 0.268 e. The van der Waals surface area contributed by atoms with Crippen LogP contribution < -0.4 is 10.2 Å². The largest absolute Gasteiger partial charge is 0.756 e. The molecule has 0 fully saturated rings. The lowest BCUT2D eigenvalue weighted by atomic mass is 10.1. The lowest BCUT2D eigenvalue weighted by Crippen LogP contribution is -2.45. The number of likely N-dealkylation sites (N-methyl/N-ethyl adjacent to an activating group) is 1. The second-order valence-electron chi connectivity index (χ2n) is 13.5. The number of carbonyl (C=O) groups is 1. The van der Waals surface area contributed by atoms with Crippen molar-refractivity contribution >= 4 is 13.7 Å². The van der Waals surface area contributed by atoms with Gasteiger partial charge in [-0.05, 0) is 57.8 Å². The highest BCUT2D eigenvalue weighted by atomic mass is 31.2. The van der Waals surface area contributed by atoms with Crippen LogP contribution in [0.2, 0.25) is 0 Å². The number of rotatable bonds is 32. The second-order valence-corrected chi connectivity index (χ2v) is 15.0. The van der Waals surface area contributed by atoms with Crippen LogP contribution in [0.25, 0.3) is 0 Å². The highest BCUT2D eigenvalue weighted by Gasteiger charge is 2.23. The molecule has 0 aliphatic rings. The molecule has 282 valence electrons. The summed E-state index contributed by atoms with van der Waals surface area (Å²) in [4.78, 5) is 24.9. The van der Waals surface area contributed by atoms with Crippen LogP contribution >= 0.6 is 7.82 Å². The van der Waals surface area contributed by atoms with Gasteiger partial charge in [-0.2, -0.15) is 0 Å². The van der Waals surface area contributed by atoms with Crippen LogP contribution in [0.1, 0.15) is 123 Å². The van der Waals surface area contributed by atoms with Gasteiger partial charge in [-0.15, -0.1) is 0 Å². The average Bonchev–Trinajstić information content (AvgIpc) is 3.04. The van der Waals surface area contributed by atoms with Gasteiger partial charge in [0, 0.05) is 6.42 Å². The highest BCUT2D eigenvalue weighted by molar-refractivity contribution is 7.45. The molecule has 49 heavy (non-hydrogen) atoms. The number of allylic oxidation sites excluding steroid dienone is 11. The van der Waals surface area contributed by atoms with Crippen molar-refractivity contribution in [2.24, 2.45) is 0 Å². The standard InChI is InChI=1S/C40H71N2O6P/c1-6-8-10-12-13-14-15-16-17-18-19-20-21-22-23-24-25-26-27-28-29-30-32-34-40(44)41-38(39(43)33-31-11-9-7-2)37-48-49(45,46)47-36-35-42(3,4)5/h8,10,13-14,16-17,19-20,22-23,31,33,38-39,43H,6-7,9,11-12,15,18,21,24-30,32,34-37H2,1-5H3,(H-,41,44,45,46)/b10-8-,14-13-,17-16-,20-19-,23-22-,33-31+. The summed E-state index contributed by atoms with van der Waals surface area (Å²) >= 11 is 0. The predicted molar refractivity (Wildman–Crippen MR) is 205 cm³/mol. The summed E-state index contributed by atoms with van der Waals surface area (Å²) < 4.78 is 22.8. The molecule has 0 saturated heterocycles. The fraction of sp³-hybridized carbons (Fsp3) is 0.675. The summed E-state index contributed by atoms with van der Waals surface area (Å²) in [6.45, 7) is 4.32. The Morgan fingerprint density at radius 3 is 1.80 bits per heavy atom. The number of phosphoric ester groups is 1. The molecule has 9 heteroatoms. The van der Waals surface area contributed by atoms with Crippen LogP contribution in [0.3, 0.4) is 0 Å². The minimum atomic E-state index is -4.57. The third kappa shape index (κ3) is 34.2. The molecular weight excluding hydrogens is 635 g/mol. The number of carbonyl (C=O) groups excluding carboxylic acids is 1. The third-order valence-corrected chi connectivity index (χ3v) is 8.64. The van der Waals surface area contributed by atoms with Gasteiger partial charge in [0.15, 0.2) is 0 Å². The van der Waals surface area contributed by atoms with E-state index in [1.54, 1.807) is 6.08 Å². The Labute approximate surface area is 300 Å². The van der Waals surface area contributed by atoms with E-state index < -0.39 is 26.6 Å². The van der Waals surface area contributed by atoms with Gasteiger partial charge in [-0.3, -0.25) is 9.36 Å². The maximum absolute atomic E-state index is 12.7. The number of nitrogens with zero attached hydrogens (tertiary/aromatic N) is 1. The van der Waals surface area contributed by atoms with E-state index in [1.165, 1.54) is 19.3 Å². The molecule has 0 rings (SSSR count). The van der Waals surface area contributed by atoms with Crippen LogP contribution in [0.5, 0.6) is 0 Å². The molecule has 0 saturated carbocycles. The van der Waals surface area contributed by atoms with E-state index >= 15 is 0 Å². The molecule has 3 atom stereocenters. The lowest BCUT2D eigenvalue weighted by molar-refractivity contribution is -0.870. The molecule has 3 unspecified atom stereocenters. The molecule has 1 amide bonds. The third-order valence-electron chi connectivity index (χ3n) is 7.67. The van der Waals surface area contributed by atoms with E-state index in [1.807, 2.05) is 27.2 Å². The number of aliphatic hydroxyl groups excluding tert-OH is 1. The Kier molecular flexibility index (Phi) is 30.5. The first-order valence-electron chi connectivity index (χ1n) is 18.8. The zero-order valence-electron chi connectivity index (χ0n) is 31.6. The zero-order chi connectivity index (χ0) is 36.5. The van der Waals surface area contributed by atoms with Gasteiger partial charge in [0.25, 0.3) is 7.82 Å². The van der Waals surface area contributed by atoms with E-state index in [2.05, 4.69) is 79.9 Å². The minimum Gasteiger partial charge on any atom is -0.756 e. The number of hydrogen-bond donors (Lipinski definition) is 2.